The number of halogens is 1. The summed E-state index contributed by atoms with van der Waals surface area (Å²) in [5.41, 5.74) is 1.52. The van der Waals surface area contributed by atoms with Crippen LogP contribution in [0.15, 0.2) is 48.5 Å². The van der Waals surface area contributed by atoms with Crippen LogP contribution in [0.25, 0.3) is 0 Å². The van der Waals surface area contributed by atoms with Gasteiger partial charge in [-0.2, -0.15) is 0 Å². The minimum absolute atomic E-state index is 0.127. The van der Waals surface area contributed by atoms with Gasteiger partial charge in [0.05, 0.1) is 11.9 Å². The lowest BCUT2D eigenvalue weighted by Gasteiger charge is -2.16. The zero-order valence-electron chi connectivity index (χ0n) is 15.3. The molecule has 6 nitrogen and oxygen atoms in total. The van der Waals surface area contributed by atoms with Gasteiger partial charge in [0.1, 0.15) is 11.6 Å². The van der Waals surface area contributed by atoms with Crippen molar-refractivity contribution in [2.45, 2.75) is 12.8 Å². The van der Waals surface area contributed by atoms with Crippen LogP contribution >= 0.6 is 0 Å². The number of ether oxygens (including phenoxy) is 1. The van der Waals surface area contributed by atoms with Crippen molar-refractivity contribution in [3.8, 4) is 5.75 Å². The van der Waals surface area contributed by atoms with E-state index in [-0.39, 0.29) is 18.3 Å². The van der Waals surface area contributed by atoms with E-state index in [0.29, 0.717) is 18.0 Å². The Hall–Kier alpha value is -2.61. The topological polar surface area (TPSA) is 75.7 Å². The number of amides is 1. The van der Waals surface area contributed by atoms with Crippen molar-refractivity contribution in [1.29, 1.82) is 0 Å². The monoisotopic (exact) mass is 394 g/mol. The van der Waals surface area contributed by atoms with Crippen molar-refractivity contribution in [3.63, 3.8) is 0 Å². The molecule has 0 bridgehead atoms. The van der Waals surface area contributed by atoms with Gasteiger partial charge in [-0.15, -0.1) is 0 Å². The molecule has 1 amide bonds. The van der Waals surface area contributed by atoms with Crippen LogP contribution in [0.2, 0.25) is 0 Å². The molecule has 2 aromatic carbocycles. The zero-order valence-corrected chi connectivity index (χ0v) is 16.1. The van der Waals surface area contributed by atoms with Crippen molar-refractivity contribution in [2.24, 2.45) is 0 Å². The first-order valence-corrected chi connectivity index (χ1v) is 10.3. The summed E-state index contributed by atoms with van der Waals surface area (Å²) in [6.07, 6.45) is 2.61. The number of carbonyl (C=O) groups is 1. The lowest BCUT2D eigenvalue weighted by atomic mass is 10.1. The molecule has 146 valence electrons. The van der Waals surface area contributed by atoms with E-state index in [1.165, 1.54) is 19.2 Å². The van der Waals surface area contributed by atoms with Crippen LogP contribution in [-0.2, 0) is 21.2 Å². The van der Waals surface area contributed by atoms with Crippen LogP contribution in [0.3, 0.4) is 0 Å². The fourth-order valence-electron chi connectivity index (χ4n) is 2.32. The molecular weight excluding hydrogens is 371 g/mol. The summed E-state index contributed by atoms with van der Waals surface area (Å²) in [6, 6.07) is 12.7. The Morgan fingerprint density at radius 3 is 2.33 bits per heavy atom. The summed E-state index contributed by atoms with van der Waals surface area (Å²) in [4.78, 5) is 11.8. The third-order valence-electron chi connectivity index (χ3n) is 3.95. The maximum Gasteiger partial charge on any atom is 0.257 e. The minimum atomic E-state index is -3.32. The summed E-state index contributed by atoms with van der Waals surface area (Å²) in [6.45, 7) is 0.371. The van der Waals surface area contributed by atoms with E-state index in [9.17, 15) is 17.6 Å². The van der Waals surface area contributed by atoms with Crippen LogP contribution in [0.1, 0.15) is 12.0 Å². The van der Waals surface area contributed by atoms with Crippen molar-refractivity contribution < 1.29 is 22.3 Å². The van der Waals surface area contributed by atoms with Crippen LogP contribution < -0.4 is 14.4 Å². The molecular formula is C19H23FN2O4S. The fraction of sp³-hybridized carbons (Fsp3) is 0.316. The second-order valence-electron chi connectivity index (χ2n) is 6.09. The number of benzene rings is 2. The van der Waals surface area contributed by atoms with Crippen molar-refractivity contribution in [3.05, 3.63) is 59.9 Å². The largest absolute Gasteiger partial charge is 0.484 e. The smallest absolute Gasteiger partial charge is 0.257 e. The Bertz CT molecular complexity index is 852. The van der Waals surface area contributed by atoms with Gasteiger partial charge in [0.15, 0.2) is 6.61 Å². The van der Waals surface area contributed by atoms with Crippen molar-refractivity contribution >= 4 is 21.6 Å². The van der Waals surface area contributed by atoms with Gasteiger partial charge >= 0.3 is 0 Å². The number of carbonyl (C=O) groups excluding carboxylic acids is 1. The number of nitrogens with one attached hydrogen (secondary N) is 1. The van der Waals surface area contributed by atoms with Gasteiger partial charge < -0.3 is 10.1 Å². The Morgan fingerprint density at radius 2 is 1.74 bits per heavy atom. The lowest BCUT2D eigenvalue weighted by molar-refractivity contribution is -0.123. The van der Waals surface area contributed by atoms with E-state index < -0.39 is 10.0 Å². The predicted octanol–water partition coefficient (Wildman–Crippen LogP) is 2.35. The SMILES string of the molecule is CN(c1ccc(OCC(=O)NCCCc2ccc(F)cc2)cc1)S(C)(=O)=O. The lowest BCUT2D eigenvalue weighted by Crippen LogP contribution is -2.30. The Morgan fingerprint density at radius 1 is 1.11 bits per heavy atom. The second kappa shape index (κ2) is 9.36. The number of hydrogen-bond donors (Lipinski definition) is 1. The van der Waals surface area contributed by atoms with Crippen molar-refractivity contribution in [2.75, 3.05) is 30.8 Å². The van der Waals surface area contributed by atoms with Gasteiger partial charge in [0, 0.05) is 13.6 Å². The van der Waals surface area contributed by atoms with Crippen LogP contribution in [-0.4, -0.2) is 40.8 Å². The first kappa shape index (κ1) is 20.7. The molecule has 8 heteroatoms. The van der Waals surface area contributed by atoms with E-state index in [1.807, 2.05) is 0 Å². The van der Waals surface area contributed by atoms with E-state index in [1.54, 1.807) is 36.4 Å². The molecule has 0 aromatic heterocycles. The number of aryl methyl sites for hydroxylation is 1. The molecule has 0 unspecified atom stereocenters. The number of sulfonamides is 1. The van der Waals surface area contributed by atoms with E-state index in [0.717, 1.165) is 29.0 Å². The van der Waals surface area contributed by atoms with Crippen LogP contribution in [0.5, 0.6) is 5.75 Å². The predicted molar refractivity (Wildman–Crippen MR) is 103 cm³/mol. The van der Waals surface area contributed by atoms with E-state index in [4.69, 9.17) is 4.74 Å². The van der Waals surface area contributed by atoms with Gasteiger partial charge in [-0.25, -0.2) is 12.8 Å². The molecule has 1 N–H and O–H groups in total. The molecule has 0 atom stereocenters. The maximum absolute atomic E-state index is 12.8. The van der Waals surface area contributed by atoms with Gasteiger partial charge in [0.2, 0.25) is 10.0 Å². The third-order valence-corrected chi connectivity index (χ3v) is 5.15. The summed E-state index contributed by atoms with van der Waals surface area (Å²) in [7, 11) is -1.86. The van der Waals surface area contributed by atoms with Gasteiger partial charge in [-0.3, -0.25) is 9.10 Å². The van der Waals surface area contributed by atoms with Gasteiger partial charge in [0.25, 0.3) is 5.91 Å². The van der Waals surface area contributed by atoms with Gasteiger partial charge in [-0.05, 0) is 54.8 Å². The summed E-state index contributed by atoms with van der Waals surface area (Å²) in [5.74, 6) is -0.0336. The quantitative estimate of drug-likeness (QED) is 0.663. The molecule has 0 aliphatic rings. The standard InChI is InChI=1S/C19H23FN2O4S/c1-22(27(2,24)25)17-9-11-18(12-10-17)26-14-19(23)21-13-3-4-15-5-7-16(20)8-6-15/h5-12H,3-4,13-14H2,1-2H3,(H,21,23). The Balaban J connectivity index is 1.70. The number of rotatable bonds is 9. The average Bonchev–Trinajstić information content (AvgIpc) is 2.64. The maximum atomic E-state index is 12.8. The number of nitrogens with zero attached hydrogens (tertiary/aromatic N) is 1. The summed E-state index contributed by atoms with van der Waals surface area (Å²) in [5, 5.41) is 2.76. The van der Waals surface area contributed by atoms with Crippen molar-refractivity contribution in [1.82, 2.24) is 5.32 Å². The summed E-state index contributed by atoms with van der Waals surface area (Å²) >= 11 is 0. The molecule has 2 rings (SSSR count). The minimum Gasteiger partial charge on any atom is -0.484 e. The van der Waals surface area contributed by atoms with Crippen LogP contribution in [0, 0.1) is 5.82 Å². The highest BCUT2D eigenvalue weighted by molar-refractivity contribution is 7.92. The highest BCUT2D eigenvalue weighted by atomic mass is 32.2. The third kappa shape index (κ3) is 6.90. The fourth-order valence-corrected chi connectivity index (χ4v) is 2.82. The normalized spacial score (nSPS) is 11.1. The van der Waals surface area contributed by atoms with E-state index in [2.05, 4.69) is 5.32 Å². The molecule has 0 saturated carbocycles. The van der Waals surface area contributed by atoms with E-state index >= 15 is 0 Å². The average molecular weight is 394 g/mol. The first-order chi connectivity index (χ1) is 12.8. The highest BCUT2D eigenvalue weighted by Crippen LogP contribution is 2.20. The first-order valence-electron chi connectivity index (χ1n) is 8.43. The molecule has 0 aliphatic carbocycles. The number of hydrogen-bond acceptors (Lipinski definition) is 4. The molecule has 0 saturated heterocycles. The molecule has 27 heavy (non-hydrogen) atoms. The molecule has 0 radical (unpaired) electrons. The zero-order chi connectivity index (χ0) is 19.9. The number of anilines is 1. The molecule has 0 fully saturated rings. The Kier molecular flexibility index (Phi) is 7.18. The Labute approximate surface area is 159 Å². The van der Waals surface area contributed by atoms with Gasteiger partial charge in [-0.1, -0.05) is 12.1 Å². The molecule has 0 aliphatic heterocycles. The summed E-state index contributed by atoms with van der Waals surface area (Å²) < 4.78 is 42.3. The molecule has 2 aromatic rings. The molecule has 0 heterocycles. The van der Waals surface area contributed by atoms with Crippen LogP contribution in [0.4, 0.5) is 10.1 Å². The highest BCUT2D eigenvalue weighted by Gasteiger charge is 2.11. The second-order valence-corrected chi connectivity index (χ2v) is 8.11. The molecule has 0 spiro atoms.